The van der Waals surface area contributed by atoms with E-state index in [1.54, 1.807) is 18.2 Å². The van der Waals surface area contributed by atoms with Crippen LogP contribution in [0.15, 0.2) is 23.4 Å². The number of thioether (sulfide) groups is 1. The van der Waals surface area contributed by atoms with Crippen molar-refractivity contribution in [2.75, 3.05) is 18.2 Å². The van der Waals surface area contributed by atoms with Crippen LogP contribution in [-0.4, -0.2) is 39.4 Å². The highest BCUT2D eigenvalue weighted by Crippen LogP contribution is 2.40. The molecule has 0 radical (unpaired) electrons. The number of benzene rings is 1. The molecule has 1 aromatic heterocycles. The first-order valence-corrected chi connectivity index (χ1v) is 9.82. The van der Waals surface area contributed by atoms with Gasteiger partial charge in [-0.1, -0.05) is 23.4 Å². The lowest BCUT2D eigenvalue weighted by Crippen LogP contribution is -2.17. The molecule has 1 heterocycles. The van der Waals surface area contributed by atoms with E-state index in [2.05, 4.69) is 15.5 Å². The van der Waals surface area contributed by atoms with E-state index in [1.165, 1.54) is 18.9 Å². The van der Waals surface area contributed by atoms with Gasteiger partial charge in [-0.3, -0.25) is 9.59 Å². The van der Waals surface area contributed by atoms with Crippen molar-refractivity contribution in [1.82, 2.24) is 14.8 Å². The Balaban J connectivity index is 1.61. The Morgan fingerprint density at radius 1 is 1.41 bits per heavy atom. The third kappa shape index (κ3) is 5.14. The number of halogens is 1. The molecule has 0 saturated heterocycles. The van der Waals surface area contributed by atoms with E-state index in [9.17, 15) is 9.59 Å². The quantitative estimate of drug-likeness (QED) is 0.615. The van der Waals surface area contributed by atoms with Crippen molar-refractivity contribution in [3.05, 3.63) is 29.0 Å². The number of rotatable bonds is 9. The highest BCUT2D eigenvalue weighted by molar-refractivity contribution is 7.99. The molecule has 0 bridgehead atoms. The number of carbonyl (C=O) groups excluding carboxylic acids is 2. The van der Waals surface area contributed by atoms with Crippen molar-refractivity contribution in [1.29, 1.82) is 0 Å². The van der Waals surface area contributed by atoms with Crippen LogP contribution >= 0.6 is 23.4 Å². The summed E-state index contributed by atoms with van der Waals surface area (Å²) in [5, 5.41) is 12.2. The molecule has 1 aromatic carbocycles. The van der Waals surface area contributed by atoms with Gasteiger partial charge in [0.25, 0.3) is 0 Å². The smallest absolute Gasteiger partial charge is 0.234 e. The van der Waals surface area contributed by atoms with Gasteiger partial charge in [-0.25, -0.2) is 0 Å². The molecule has 144 valence electrons. The number of hydrogen-bond acceptors (Lipinski definition) is 6. The molecule has 1 saturated carbocycles. The Hall–Kier alpha value is -2.26. The molecule has 10 heteroatoms. The van der Waals surface area contributed by atoms with E-state index < -0.39 is 0 Å². The third-order valence-corrected chi connectivity index (χ3v) is 5.30. The molecular formula is C17H20ClN5O3S. The summed E-state index contributed by atoms with van der Waals surface area (Å²) < 4.78 is 6.98. The predicted octanol–water partition coefficient (Wildman–Crippen LogP) is 2.42. The van der Waals surface area contributed by atoms with Gasteiger partial charge in [-0.05, 0) is 31.0 Å². The molecule has 3 N–H and O–H groups in total. The fourth-order valence-electron chi connectivity index (χ4n) is 2.55. The predicted molar refractivity (Wildman–Crippen MR) is 103 cm³/mol. The Bertz CT molecular complexity index is 853. The van der Waals surface area contributed by atoms with Crippen LogP contribution in [-0.2, 0) is 16.1 Å². The van der Waals surface area contributed by atoms with Crippen LogP contribution in [0.5, 0.6) is 5.75 Å². The van der Waals surface area contributed by atoms with Crippen molar-refractivity contribution in [3.63, 3.8) is 0 Å². The third-order valence-electron chi connectivity index (χ3n) is 4.04. The van der Waals surface area contributed by atoms with Crippen LogP contribution in [0, 0.1) is 0 Å². The van der Waals surface area contributed by atoms with Crippen LogP contribution in [0.25, 0.3) is 0 Å². The fourth-order valence-corrected chi connectivity index (χ4v) is 3.58. The Morgan fingerprint density at radius 3 is 2.81 bits per heavy atom. The lowest BCUT2D eigenvalue weighted by Gasteiger charge is -2.09. The fraction of sp³-hybridized carbons (Fsp3) is 0.412. The standard InChI is InChI=1S/C17H20ClN5O3S/c1-26-13-5-4-11(8-12(13)18)20-15(25)9-27-17-22-21-16(10-2-3-10)23(17)7-6-14(19)24/h4-5,8,10H,2-3,6-7,9H2,1H3,(H2,19,24)(H,20,25). The minimum Gasteiger partial charge on any atom is -0.495 e. The SMILES string of the molecule is COc1ccc(NC(=O)CSc2nnc(C3CC3)n2CCC(N)=O)cc1Cl. The van der Waals surface area contributed by atoms with E-state index in [0.29, 0.717) is 34.1 Å². The van der Waals surface area contributed by atoms with Crippen molar-refractivity contribution < 1.29 is 14.3 Å². The number of amides is 2. The highest BCUT2D eigenvalue weighted by Gasteiger charge is 2.30. The van der Waals surface area contributed by atoms with E-state index in [4.69, 9.17) is 22.1 Å². The molecule has 8 nitrogen and oxygen atoms in total. The molecule has 0 unspecified atom stereocenters. The number of aromatic nitrogens is 3. The zero-order valence-corrected chi connectivity index (χ0v) is 16.3. The Morgan fingerprint density at radius 2 is 2.19 bits per heavy atom. The van der Waals surface area contributed by atoms with Crippen molar-refractivity contribution in [2.45, 2.75) is 36.9 Å². The van der Waals surface area contributed by atoms with Crippen molar-refractivity contribution in [2.24, 2.45) is 5.73 Å². The number of anilines is 1. The summed E-state index contributed by atoms with van der Waals surface area (Å²) >= 11 is 7.34. The van der Waals surface area contributed by atoms with Gasteiger partial charge in [0, 0.05) is 24.6 Å². The van der Waals surface area contributed by atoms with Gasteiger partial charge in [0.2, 0.25) is 11.8 Å². The summed E-state index contributed by atoms with van der Waals surface area (Å²) in [5.74, 6) is 1.37. The molecule has 2 aromatic rings. The zero-order chi connectivity index (χ0) is 19.4. The molecule has 1 fully saturated rings. The molecule has 27 heavy (non-hydrogen) atoms. The summed E-state index contributed by atoms with van der Waals surface area (Å²) in [6.07, 6.45) is 2.35. The molecule has 3 rings (SSSR count). The van der Waals surface area contributed by atoms with E-state index >= 15 is 0 Å². The van der Waals surface area contributed by atoms with Crippen molar-refractivity contribution >= 4 is 40.9 Å². The molecule has 1 aliphatic carbocycles. The van der Waals surface area contributed by atoms with Gasteiger partial charge < -0.3 is 20.4 Å². The number of primary amides is 1. The van der Waals surface area contributed by atoms with Crippen molar-refractivity contribution in [3.8, 4) is 5.75 Å². The molecule has 0 spiro atoms. The molecule has 2 amide bonds. The van der Waals surface area contributed by atoms with Crippen LogP contribution in [0.1, 0.15) is 31.0 Å². The van der Waals surface area contributed by atoms with E-state index in [0.717, 1.165) is 18.7 Å². The Kier molecular flexibility index (Phi) is 6.22. The minimum atomic E-state index is -0.379. The summed E-state index contributed by atoms with van der Waals surface area (Å²) in [7, 11) is 1.53. The number of nitrogens with one attached hydrogen (secondary N) is 1. The Labute approximate surface area is 165 Å². The topological polar surface area (TPSA) is 112 Å². The maximum Gasteiger partial charge on any atom is 0.234 e. The first kappa shape index (κ1) is 19.5. The summed E-state index contributed by atoms with van der Waals surface area (Å²) in [4.78, 5) is 23.4. The number of nitrogens with zero attached hydrogens (tertiary/aromatic N) is 3. The molecule has 0 atom stereocenters. The van der Waals surface area contributed by atoms with Gasteiger partial charge in [0.05, 0.1) is 17.9 Å². The number of carbonyl (C=O) groups is 2. The van der Waals surface area contributed by atoms with Gasteiger partial charge in [0.15, 0.2) is 5.16 Å². The summed E-state index contributed by atoms with van der Waals surface area (Å²) in [5.41, 5.74) is 5.84. The second kappa shape index (κ2) is 8.62. The van der Waals surface area contributed by atoms with Gasteiger partial charge in [-0.2, -0.15) is 0 Å². The van der Waals surface area contributed by atoms with Crippen LogP contribution in [0.3, 0.4) is 0 Å². The number of nitrogens with two attached hydrogens (primary N) is 1. The average molecular weight is 410 g/mol. The second-order valence-corrected chi connectivity index (χ2v) is 7.52. The number of methoxy groups -OCH3 is 1. The van der Waals surface area contributed by atoms with E-state index in [1.807, 2.05) is 4.57 Å². The number of hydrogen-bond donors (Lipinski definition) is 2. The number of ether oxygens (including phenoxy) is 1. The van der Waals surface area contributed by atoms with Crippen LogP contribution in [0.2, 0.25) is 5.02 Å². The minimum absolute atomic E-state index is 0.156. The van der Waals surface area contributed by atoms with E-state index in [-0.39, 0.29) is 24.0 Å². The first-order valence-electron chi connectivity index (χ1n) is 8.45. The monoisotopic (exact) mass is 409 g/mol. The molecular weight excluding hydrogens is 390 g/mol. The first-order chi connectivity index (χ1) is 13.0. The molecule has 0 aliphatic heterocycles. The summed E-state index contributed by atoms with van der Waals surface area (Å²) in [6, 6.07) is 5.03. The average Bonchev–Trinajstić information content (AvgIpc) is 3.39. The molecule has 1 aliphatic rings. The maximum absolute atomic E-state index is 12.2. The highest BCUT2D eigenvalue weighted by atomic mass is 35.5. The maximum atomic E-state index is 12.2. The largest absolute Gasteiger partial charge is 0.495 e. The normalized spacial score (nSPS) is 13.4. The second-order valence-electron chi connectivity index (χ2n) is 6.17. The zero-order valence-electron chi connectivity index (χ0n) is 14.8. The summed E-state index contributed by atoms with van der Waals surface area (Å²) in [6.45, 7) is 0.423. The van der Waals surface area contributed by atoms with Crippen LogP contribution in [0.4, 0.5) is 5.69 Å². The van der Waals surface area contributed by atoms with Gasteiger partial charge in [-0.15, -0.1) is 10.2 Å². The van der Waals surface area contributed by atoms with Crippen LogP contribution < -0.4 is 15.8 Å². The lowest BCUT2D eigenvalue weighted by molar-refractivity contribution is -0.118. The van der Waals surface area contributed by atoms with Gasteiger partial charge >= 0.3 is 0 Å². The lowest BCUT2D eigenvalue weighted by atomic mass is 10.3. The van der Waals surface area contributed by atoms with Gasteiger partial charge in [0.1, 0.15) is 11.6 Å².